The molecule has 1 fully saturated rings. The van der Waals surface area contributed by atoms with Crippen molar-refractivity contribution in [3.05, 3.63) is 28.8 Å². The zero-order valence-corrected chi connectivity index (χ0v) is 11.2. The zero-order valence-electron chi connectivity index (χ0n) is 9.64. The number of hydrogen-bond donors (Lipinski definition) is 1. The second kappa shape index (κ2) is 4.87. The van der Waals surface area contributed by atoms with Gasteiger partial charge in [-0.2, -0.15) is 0 Å². The number of sulfone groups is 1. The average Bonchev–Trinajstić information content (AvgIpc) is 2.22. The van der Waals surface area contributed by atoms with E-state index in [-0.39, 0.29) is 27.4 Å². The topological polar surface area (TPSA) is 72.5 Å². The van der Waals surface area contributed by atoms with Crippen LogP contribution >= 0.6 is 11.6 Å². The normalized spacial score (nSPS) is 16.1. The summed E-state index contributed by atoms with van der Waals surface area (Å²) in [5.41, 5.74) is 0.270. The highest BCUT2D eigenvalue weighted by molar-refractivity contribution is 7.90. The predicted molar refractivity (Wildman–Crippen MR) is 66.6 cm³/mol. The van der Waals surface area contributed by atoms with Gasteiger partial charge in [0, 0.05) is 11.8 Å². The maximum Gasteiger partial charge on any atom is 0.251 e. The smallest absolute Gasteiger partial charge is 0.251 e. The first-order valence-electron chi connectivity index (χ1n) is 5.26. The summed E-state index contributed by atoms with van der Waals surface area (Å²) in [5, 5.41) is 2.84. The van der Waals surface area contributed by atoms with Gasteiger partial charge in [-0.05, 0) is 18.2 Å². The molecule has 1 N–H and O–H groups in total. The maximum absolute atomic E-state index is 11.8. The number of carbonyl (C=O) groups is 1. The van der Waals surface area contributed by atoms with Crippen LogP contribution in [0.4, 0.5) is 0 Å². The molecular formula is C11H12ClNO4S. The van der Waals surface area contributed by atoms with Crippen LogP contribution < -0.4 is 5.32 Å². The summed E-state index contributed by atoms with van der Waals surface area (Å²) in [6.07, 6.45) is 1.05. The van der Waals surface area contributed by atoms with E-state index in [9.17, 15) is 13.2 Å². The van der Waals surface area contributed by atoms with Gasteiger partial charge in [0.05, 0.1) is 29.2 Å². The molecular weight excluding hydrogens is 278 g/mol. The summed E-state index contributed by atoms with van der Waals surface area (Å²) in [6.45, 7) is 0.969. The van der Waals surface area contributed by atoms with Crippen LogP contribution in [0.2, 0.25) is 5.02 Å². The summed E-state index contributed by atoms with van der Waals surface area (Å²) in [5.74, 6) is -0.329. The van der Waals surface area contributed by atoms with Crippen molar-refractivity contribution in [2.45, 2.75) is 10.9 Å². The fourth-order valence-electron chi connectivity index (χ4n) is 1.52. The molecule has 0 unspecified atom stereocenters. The Labute approximate surface area is 110 Å². The van der Waals surface area contributed by atoms with Crippen molar-refractivity contribution in [3.8, 4) is 0 Å². The van der Waals surface area contributed by atoms with Gasteiger partial charge in [0.15, 0.2) is 9.84 Å². The number of halogens is 1. The van der Waals surface area contributed by atoms with Crippen LogP contribution in [-0.4, -0.2) is 39.8 Å². The number of nitrogens with one attached hydrogen (secondary N) is 1. The zero-order chi connectivity index (χ0) is 13.3. The molecule has 0 radical (unpaired) electrons. The molecule has 1 aromatic rings. The molecule has 5 nitrogen and oxygen atoms in total. The Morgan fingerprint density at radius 1 is 1.44 bits per heavy atom. The molecule has 0 saturated carbocycles. The summed E-state index contributed by atoms with van der Waals surface area (Å²) >= 11 is 5.80. The number of carbonyl (C=O) groups excluding carboxylic acids is 1. The minimum atomic E-state index is -3.45. The molecule has 1 aromatic carbocycles. The van der Waals surface area contributed by atoms with Gasteiger partial charge in [0.25, 0.3) is 5.91 Å². The first kappa shape index (κ1) is 13.3. The summed E-state index contributed by atoms with van der Waals surface area (Å²) in [6, 6.07) is 4.18. The predicted octanol–water partition coefficient (Wildman–Crippen LogP) is 0.872. The lowest BCUT2D eigenvalue weighted by Crippen LogP contribution is -2.48. The number of amides is 1. The van der Waals surface area contributed by atoms with Gasteiger partial charge in [-0.15, -0.1) is 0 Å². The van der Waals surface area contributed by atoms with Crippen molar-refractivity contribution < 1.29 is 17.9 Å². The van der Waals surface area contributed by atoms with Crippen molar-refractivity contribution >= 4 is 27.3 Å². The van der Waals surface area contributed by atoms with Gasteiger partial charge < -0.3 is 10.1 Å². The molecule has 7 heteroatoms. The van der Waals surface area contributed by atoms with Crippen molar-refractivity contribution in [1.82, 2.24) is 5.32 Å². The van der Waals surface area contributed by atoms with E-state index in [1.54, 1.807) is 0 Å². The van der Waals surface area contributed by atoms with Crippen molar-refractivity contribution in [3.63, 3.8) is 0 Å². The SMILES string of the molecule is CS(=O)(=O)c1cc(C(=O)NC2COC2)ccc1Cl. The highest BCUT2D eigenvalue weighted by Crippen LogP contribution is 2.22. The Balaban J connectivity index is 2.26. The molecule has 1 aliphatic rings. The van der Waals surface area contributed by atoms with E-state index in [2.05, 4.69) is 5.32 Å². The Morgan fingerprint density at radius 3 is 2.61 bits per heavy atom. The molecule has 2 rings (SSSR count). The number of ether oxygens (including phenoxy) is 1. The lowest BCUT2D eigenvalue weighted by atomic mass is 10.2. The molecule has 1 heterocycles. The van der Waals surface area contributed by atoms with Crippen LogP contribution in [0.5, 0.6) is 0 Å². The Hall–Kier alpha value is -1.11. The molecule has 1 saturated heterocycles. The molecule has 0 atom stereocenters. The van der Waals surface area contributed by atoms with E-state index in [1.165, 1.54) is 18.2 Å². The number of benzene rings is 1. The Kier molecular flexibility index (Phi) is 3.61. The van der Waals surface area contributed by atoms with Crippen LogP contribution in [0.15, 0.2) is 23.1 Å². The molecule has 0 bridgehead atoms. The van der Waals surface area contributed by atoms with Gasteiger partial charge in [-0.25, -0.2) is 8.42 Å². The van der Waals surface area contributed by atoms with Gasteiger partial charge in [-0.1, -0.05) is 11.6 Å². The van der Waals surface area contributed by atoms with Crippen LogP contribution in [0.1, 0.15) is 10.4 Å². The first-order valence-corrected chi connectivity index (χ1v) is 7.53. The summed E-state index contributed by atoms with van der Waals surface area (Å²) in [4.78, 5) is 11.8. The highest BCUT2D eigenvalue weighted by atomic mass is 35.5. The fraction of sp³-hybridized carbons (Fsp3) is 0.364. The monoisotopic (exact) mass is 289 g/mol. The standard InChI is InChI=1S/C11H12ClNO4S/c1-18(15,16)10-4-7(2-3-9(10)12)11(14)13-8-5-17-6-8/h2-4,8H,5-6H2,1H3,(H,13,14). The minimum Gasteiger partial charge on any atom is -0.377 e. The van der Waals surface area contributed by atoms with Crippen LogP contribution in [0.25, 0.3) is 0 Å². The third-order valence-corrected chi connectivity index (χ3v) is 4.14. The van der Waals surface area contributed by atoms with E-state index in [0.717, 1.165) is 6.26 Å². The van der Waals surface area contributed by atoms with E-state index < -0.39 is 9.84 Å². The fourth-order valence-corrected chi connectivity index (χ4v) is 2.82. The third-order valence-electron chi connectivity index (χ3n) is 2.57. The Bertz CT molecular complexity index is 581. The van der Waals surface area contributed by atoms with E-state index in [0.29, 0.717) is 13.2 Å². The van der Waals surface area contributed by atoms with Gasteiger partial charge in [0.1, 0.15) is 0 Å². The molecule has 0 aromatic heterocycles. The van der Waals surface area contributed by atoms with E-state index in [1.807, 2.05) is 0 Å². The minimum absolute atomic E-state index is 0.00476. The molecule has 0 aliphatic carbocycles. The lowest BCUT2D eigenvalue weighted by molar-refractivity contribution is -0.00346. The third kappa shape index (κ3) is 2.82. The van der Waals surface area contributed by atoms with E-state index in [4.69, 9.17) is 16.3 Å². The first-order chi connectivity index (χ1) is 8.38. The number of rotatable bonds is 3. The molecule has 98 valence electrons. The lowest BCUT2D eigenvalue weighted by Gasteiger charge is -2.26. The van der Waals surface area contributed by atoms with Crippen molar-refractivity contribution in [1.29, 1.82) is 0 Å². The van der Waals surface area contributed by atoms with Gasteiger partial charge in [0.2, 0.25) is 0 Å². The largest absolute Gasteiger partial charge is 0.377 e. The summed E-state index contributed by atoms with van der Waals surface area (Å²) in [7, 11) is -3.45. The van der Waals surface area contributed by atoms with Gasteiger partial charge >= 0.3 is 0 Å². The average molecular weight is 290 g/mol. The summed E-state index contributed by atoms with van der Waals surface area (Å²) < 4.78 is 27.9. The number of hydrogen-bond acceptors (Lipinski definition) is 4. The van der Waals surface area contributed by atoms with Crippen LogP contribution in [0.3, 0.4) is 0 Å². The molecule has 1 amide bonds. The van der Waals surface area contributed by atoms with Crippen LogP contribution in [-0.2, 0) is 14.6 Å². The maximum atomic E-state index is 11.8. The second-order valence-electron chi connectivity index (χ2n) is 4.13. The van der Waals surface area contributed by atoms with Gasteiger partial charge in [-0.3, -0.25) is 4.79 Å². The van der Waals surface area contributed by atoms with Crippen molar-refractivity contribution in [2.75, 3.05) is 19.5 Å². The molecule has 0 spiro atoms. The quantitative estimate of drug-likeness (QED) is 0.896. The van der Waals surface area contributed by atoms with Crippen molar-refractivity contribution in [2.24, 2.45) is 0 Å². The van der Waals surface area contributed by atoms with E-state index >= 15 is 0 Å². The Morgan fingerprint density at radius 2 is 2.11 bits per heavy atom. The molecule has 1 aliphatic heterocycles. The van der Waals surface area contributed by atoms with Crippen LogP contribution in [0, 0.1) is 0 Å². The molecule has 18 heavy (non-hydrogen) atoms. The highest BCUT2D eigenvalue weighted by Gasteiger charge is 2.22. The second-order valence-corrected chi connectivity index (χ2v) is 6.52.